The molecule has 6 heteroatoms. The first-order valence-corrected chi connectivity index (χ1v) is 5.99. The standard InChI is InChI=1S/C11H14BrFN2O2/c1-2-8(6-16)14-11(17)15-10-5-7(13)3-4-9(10)12/h3-5,8,16H,2,6H2,1H3,(H2,14,15,17)/t8-/m1/s1. The molecule has 0 aliphatic heterocycles. The highest BCUT2D eigenvalue weighted by Crippen LogP contribution is 2.22. The Labute approximate surface area is 107 Å². The van der Waals surface area contributed by atoms with Gasteiger partial charge in [0.25, 0.3) is 0 Å². The van der Waals surface area contributed by atoms with E-state index < -0.39 is 11.8 Å². The normalized spacial score (nSPS) is 12.0. The second-order valence-electron chi connectivity index (χ2n) is 3.51. The molecule has 1 aromatic carbocycles. The molecule has 2 amide bonds. The molecule has 0 aliphatic carbocycles. The van der Waals surface area contributed by atoms with E-state index in [9.17, 15) is 9.18 Å². The number of aliphatic hydroxyl groups excluding tert-OH is 1. The highest BCUT2D eigenvalue weighted by atomic mass is 79.9. The van der Waals surface area contributed by atoms with Gasteiger partial charge in [0.05, 0.1) is 18.3 Å². The first-order valence-electron chi connectivity index (χ1n) is 5.20. The molecule has 0 fully saturated rings. The second kappa shape index (κ2) is 6.56. The van der Waals surface area contributed by atoms with Crippen LogP contribution in [0.2, 0.25) is 0 Å². The number of hydrogen-bond acceptors (Lipinski definition) is 2. The molecule has 3 N–H and O–H groups in total. The highest BCUT2D eigenvalue weighted by molar-refractivity contribution is 9.10. The van der Waals surface area contributed by atoms with Gasteiger partial charge in [0.1, 0.15) is 5.82 Å². The third-order valence-corrected chi connectivity index (χ3v) is 2.92. The molecule has 1 atom stereocenters. The average Bonchev–Trinajstić information content (AvgIpc) is 2.31. The van der Waals surface area contributed by atoms with Crippen molar-refractivity contribution < 1.29 is 14.3 Å². The molecule has 0 spiro atoms. The van der Waals surface area contributed by atoms with Crippen molar-refractivity contribution in [3.05, 3.63) is 28.5 Å². The molecule has 0 bridgehead atoms. The van der Waals surface area contributed by atoms with Crippen molar-refractivity contribution in [2.24, 2.45) is 0 Å². The van der Waals surface area contributed by atoms with Crippen LogP contribution in [-0.2, 0) is 0 Å². The van der Waals surface area contributed by atoms with Gasteiger partial charge in [-0.2, -0.15) is 0 Å². The van der Waals surface area contributed by atoms with E-state index in [1.807, 2.05) is 6.92 Å². The summed E-state index contributed by atoms with van der Waals surface area (Å²) in [5, 5.41) is 14.0. The topological polar surface area (TPSA) is 61.4 Å². The third-order valence-electron chi connectivity index (χ3n) is 2.23. The molecule has 0 unspecified atom stereocenters. The number of carbonyl (C=O) groups excluding carboxylic acids is 1. The molecule has 0 saturated carbocycles. The van der Waals surface area contributed by atoms with Gasteiger partial charge in [-0.3, -0.25) is 0 Å². The third kappa shape index (κ3) is 4.32. The van der Waals surface area contributed by atoms with Gasteiger partial charge in [-0.15, -0.1) is 0 Å². The number of aliphatic hydroxyl groups is 1. The number of hydrogen-bond donors (Lipinski definition) is 3. The monoisotopic (exact) mass is 304 g/mol. The Hall–Kier alpha value is -1.14. The van der Waals surface area contributed by atoms with Crippen LogP contribution in [0.3, 0.4) is 0 Å². The zero-order valence-electron chi connectivity index (χ0n) is 9.34. The summed E-state index contributed by atoms with van der Waals surface area (Å²) in [6, 6.07) is 3.23. The zero-order valence-corrected chi connectivity index (χ0v) is 10.9. The lowest BCUT2D eigenvalue weighted by molar-refractivity contribution is 0.222. The maximum Gasteiger partial charge on any atom is 0.319 e. The fourth-order valence-corrected chi connectivity index (χ4v) is 1.56. The second-order valence-corrected chi connectivity index (χ2v) is 4.36. The number of carbonyl (C=O) groups is 1. The minimum atomic E-state index is -0.475. The molecule has 0 aliphatic rings. The lowest BCUT2D eigenvalue weighted by atomic mass is 10.2. The van der Waals surface area contributed by atoms with Crippen molar-refractivity contribution in [3.8, 4) is 0 Å². The fraction of sp³-hybridized carbons (Fsp3) is 0.364. The number of amides is 2. The number of urea groups is 1. The van der Waals surface area contributed by atoms with Crippen LogP contribution < -0.4 is 10.6 Å². The van der Waals surface area contributed by atoms with Gasteiger partial charge >= 0.3 is 6.03 Å². The number of benzene rings is 1. The van der Waals surface area contributed by atoms with Crippen molar-refractivity contribution in [3.63, 3.8) is 0 Å². The predicted molar refractivity (Wildman–Crippen MR) is 67.4 cm³/mol. The van der Waals surface area contributed by atoms with Gasteiger partial charge in [0.2, 0.25) is 0 Å². The summed E-state index contributed by atoms with van der Waals surface area (Å²) < 4.78 is 13.5. The molecule has 0 saturated heterocycles. The largest absolute Gasteiger partial charge is 0.394 e. The molecule has 17 heavy (non-hydrogen) atoms. The van der Waals surface area contributed by atoms with Crippen molar-refractivity contribution in [2.75, 3.05) is 11.9 Å². The van der Waals surface area contributed by atoms with E-state index in [2.05, 4.69) is 26.6 Å². The van der Waals surface area contributed by atoms with Crippen LogP contribution in [0, 0.1) is 5.82 Å². The molecule has 1 aromatic rings. The Kier molecular flexibility index (Phi) is 5.37. The van der Waals surface area contributed by atoms with Crippen molar-refractivity contribution in [2.45, 2.75) is 19.4 Å². The smallest absolute Gasteiger partial charge is 0.319 e. The summed E-state index contributed by atoms with van der Waals surface area (Å²) in [7, 11) is 0. The number of nitrogens with one attached hydrogen (secondary N) is 2. The summed E-state index contributed by atoms with van der Waals surface area (Å²) in [6.07, 6.45) is 0.619. The molecular formula is C11H14BrFN2O2. The lowest BCUT2D eigenvalue weighted by Crippen LogP contribution is -2.39. The summed E-state index contributed by atoms with van der Waals surface area (Å²) in [6.45, 7) is 1.72. The van der Waals surface area contributed by atoms with E-state index in [1.165, 1.54) is 18.2 Å². The Morgan fingerprint density at radius 2 is 2.29 bits per heavy atom. The Morgan fingerprint density at radius 1 is 1.59 bits per heavy atom. The molecule has 0 heterocycles. The minimum absolute atomic E-state index is 0.131. The molecule has 0 radical (unpaired) electrons. The van der Waals surface area contributed by atoms with Crippen molar-refractivity contribution in [1.82, 2.24) is 5.32 Å². The van der Waals surface area contributed by atoms with Crippen LogP contribution in [0.15, 0.2) is 22.7 Å². The molecule has 0 aromatic heterocycles. The van der Waals surface area contributed by atoms with Gasteiger partial charge in [0, 0.05) is 4.47 Å². The average molecular weight is 305 g/mol. The van der Waals surface area contributed by atoms with E-state index in [4.69, 9.17) is 5.11 Å². The minimum Gasteiger partial charge on any atom is -0.394 e. The first-order chi connectivity index (χ1) is 8.06. The van der Waals surface area contributed by atoms with E-state index >= 15 is 0 Å². The summed E-state index contributed by atoms with van der Waals surface area (Å²) in [4.78, 5) is 11.5. The van der Waals surface area contributed by atoms with Gasteiger partial charge in [-0.05, 0) is 40.5 Å². The fourth-order valence-electron chi connectivity index (χ4n) is 1.21. The molecule has 4 nitrogen and oxygen atoms in total. The van der Waals surface area contributed by atoms with Crippen LogP contribution in [0.1, 0.15) is 13.3 Å². The molecular weight excluding hydrogens is 291 g/mol. The van der Waals surface area contributed by atoms with Crippen LogP contribution >= 0.6 is 15.9 Å². The number of halogens is 2. The van der Waals surface area contributed by atoms with Crippen LogP contribution in [-0.4, -0.2) is 23.8 Å². The van der Waals surface area contributed by atoms with Crippen molar-refractivity contribution >= 4 is 27.6 Å². The number of rotatable bonds is 4. The van der Waals surface area contributed by atoms with Crippen molar-refractivity contribution in [1.29, 1.82) is 0 Å². The zero-order chi connectivity index (χ0) is 12.8. The summed E-state index contributed by atoms with van der Waals surface area (Å²) in [5.74, 6) is -0.433. The first kappa shape index (κ1) is 13.9. The van der Waals surface area contributed by atoms with E-state index in [-0.39, 0.29) is 12.6 Å². The maximum atomic E-state index is 13.0. The van der Waals surface area contributed by atoms with Gasteiger partial charge in [-0.25, -0.2) is 9.18 Å². The van der Waals surface area contributed by atoms with Crippen LogP contribution in [0.25, 0.3) is 0 Å². The SMILES string of the molecule is CC[C@H](CO)NC(=O)Nc1cc(F)ccc1Br. The Balaban J connectivity index is 2.64. The number of anilines is 1. The molecule has 94 valence electrons. The van der Waals surface area contributed by atoms with Gasteiger partial charge in [0.15, 0.2) is 0 Å². The van der Waals surface area contributed by atoms with E-state index in [0.717, 1.165) is 0 Å². The van der Waals surface area contributed by atoms with E-state index in [1.54, 1.807) is 0 Å². The molecule has 1 rings (SSSR count). The Bertz CT molecular complexity index is 397. The predicted octanol–water partition coefficient (Wildman–Crippen LogP) is 2.48. The van der Waals surface area contributed by atoms with E-state index in [0.29, 0.717) is 16.6 Å². The maximum absolute atomic E-state index is 13.0. The van der Waals surface area contributed by atoms with Crippen LogP contribution in [0.4, 0.5) is 14.9 Å². The van der Waals surface area contributed by atoms with Crippen LogP contribution in [0.5, 0.6) is 0 Å². The summed E-state index contributed by atoms with van der Waals surface area (Å²) >= 11 is 3.20. The summed E-state index contributed by atoms with van der Waals surface area (Å²) in [5.41, 5.74) is 0.343. The van der Waals surface area contributed by atoms with Gasteiger partial charge in [-0.1, -0.05) is 6.92 Å². The Morgan fingerprint density at radius 3 is 2.88 bits per heavy atom. The van der Waals surface area contributed by atoms with Gasteiger partial charge < -0.3 is 15.7 Å². The highest BCUT2D eigenvalue weighted by Gasteiger charge is 2.10. The lowest BCUT2D eigenvalue weighted by Gasteiger charge is -2.15. The quantitative estimate of drug-likeness (QED) is 0.800.